The standard InChI is InChI=1S/C16H19NO4S/c1-9-6-7-11(10(2)8-9)17-13(22-5)12-14(18)20-16(3,4)21-15(12)19/h6-8,17H,1-5H3. The number of anilines is 1. The van der Waals surface area contributed by atoms with Gasteiger partial charge < -0.3 is 14.8 Å². The highest BCUT2D eigenvalue weighted by molar-refractivity contribution is 8.02. The molecule has 1 saturated heterocycles. The van der Waals surface area contributed by atoms with Crippen LogP contribution in [0.2, 0.25) is 0 Å². The molecule has 2 rings (SSSR count). The van der Waals surface area contributed by atoms with Gasteiger partial charge in [-0.05, 0) is 31.7 Å². The SMILES string of the molecule is CSC(Nc1ccc(C)cc1C)=C1C(=O)OC(C)(C)OC1=O. The Kier molecular flexibility index (Phi) is 4.51. The fourth-order valence-electron chi connectivity index (χ4n) is 2.13. The molecular formula is C16H19NO4S. The molecule has 5 nitrogen and oxygen atoms in total. The zero-order chi connectivity index (χ0) is 16.5. The van der Waals surface area contributed by atoms with E-state index in [1.165, 1.54) is 25.6 Å². The summed E-state index contributed by atoms with van der Waals surface area (Å²) in [7, 11) is 0. The molecule has 0 saturated carbocycles. The van der Waals surface area contributed by atoms with Crippen molar-refractivity contribution in [1.29, 1.82) is 0 Å². The van der Waals surface area contributed by atoms with Gasteiger partial charge in [0.15, 0.2) is 5.57 Å². The third-order valence-electron chi connectivity index (χ3n) is 3.15. The largest absolute Gasteiger partial charge is 0.419 e. The molecule has 1 heterocycles. The van der Waals surface area contributed by atoms with Crippen LogP contribution in [0.25, 0.3) is 0 Å². The van der Waals surface area contributed by atoms with E-state index in [1.54, 1.807) is 6.26 Å². The van der Waals surface area contributed by atoms with Gasteiger partial charge in [0.1, 0.15) is 0 Å². The highest BCUT2D eigenvalue weighted by Crippen LogP contribution is 2.30. The van der Waals surface area contributed by atoms with Crippen LogP contribution in [0.3, 0.4) is 0 Å². The quantitative estimate of drug-likeness (QED) is 0.524. The maximum atomic E-state index is 12.1. The Balaban J connectivity index is 2.38. The third kappa shape index (κ3) is 3.44. The number of esters is 2. The molecule has 118 valence electrons. The number of benzene rings is 1. The van der Waals surface area contributed by atoms with Gasteiger partial charge in [0.2, 0.25) is 0 Å². The first kappa shape index (κ1) is 16.4. The highest BCUT2D eigenvalue weighted by atomic mass is 32.2. The van der Waals surface area contributed by atoms with E-state index < -0.39 is 17.7 Å². The van der Waals surface area contributed by atoms with Crippen molar-refractivity contribution in [2.45, 2.75) is 33.5 Å². The minimum Gasteiger partial charge on any atom is -0.419 e. The van der Waals surface area contributed by atoms with Gasteiger partial charge in [-0.1, -0.05) is 17.7 Å². The number of cyclic esters (lactones) is 2. The minimum atomic E-state index is -1.24. The van der Waals surface area contributed by atoms with E-state index in [1.807, 2.05) is 32.0 Å². The van der Waals surface area contributed by atoms with Crippen LogP contribution >= 0.6 is 11.8 Å². The number of hydrogen-bond donors (Lipinski definition) is 1. The van der Waals surface area contributed by atoms with Gasteiger partial charge in [-0.25, -0.2) is 9.59 Å². The molecule has 1 aliphatic rings. The molecule has 0 radical (unpaired) electrons. The Morgan fingerprint density at radius 1 is 1.14 bits per heavy atom. The van der Waals surface area contributed by atoms with Crippen molar-refractivity contribution in [3.05, 3.63) is 39.9 Å². The number of carbonyl (C=O) groups excluding carboxylic acids is 2. The van der Waals surface area contributed by atoms with Crippen molar-refractivity contribution in [3.8, 4) is 0 Å². The molecule has 0 amide bonds. The summed E-state index contributed by atoms with van der Waals surface area (Å²) >= 11 is 1.26. The van der Waals surface area contributed by atoms with Crippen LogP contribution in [0.5, 0.6) is 0 Å². The minimum absolute atomic E-state index is 0.105. The van der Waals surface area contributed by atoms with Crippen molar-refractivity contribution in [3.63, 3.8) is 0 Å². The fraction of sp³-hybridized carbons (Fsp3) is 0.375. The third-order valence-corrected chi connectivity index (χ3v) is 3.86. The number of ether oxygens (including phenoxy) is 2. The van der Waals surface area contributed by atoms with Gasteiger partial charge in [0.05, 0.1) is 5.03 Å². The smallest absolute Gasteiger partial charge is 0.351 e. The summed E-state index contributed by atoms with van der Waals surface area (Å²) < 4.78 is 10.3. The Morgan fingerprint density at radius 3 is 2.23 bits per heavy atom. The second-order valence-corrected chi connectivity index (χ2v) is 6.35. The molecule has 1 N–H and O–H groups in total. The molecule has 1 aromatic rings. The van der Waals surface area contributed by atoms with E-state index >= 15 is 0 Å². The molecule has 0 aromatic heterocycles. The summed E-state index contributed by atoms with van der Waals surface area (Å²) in [6, 6.07) is 5.88. The second kappa shape index (κ2) is 6.04. The lowest BCUT2D eigenvalue weighted by molar-refractivity contribution is -0.222. The topological polar surface area (TPSA) is 64.6 Å². The van der Waals surface area contributed by atoms with Gasteiger partial charge in [-0.3, -0.25) is 0 Å². The lowest BCUT2D eigenvalue weighted by Crippen LogP contribution is -2.42. The normalized spacial score (nSPS) is 16.9. The lowest BCUT2D eigenvalue weighted by Gasteiger charge is -2.30. The molecule has 1 aliphatic heterocycles. The Hall–Kier alpha value is -1.95. The van der Waals surface area contributed by atoms with E-state index in [-0.39, 0.29) is 5.57 Å². The predicted octanol–water partition coefficient (Wildman–Crippen LogP) is 3.13. The van der Waals surface area contributed by atoms with E-state index in [0.29, 0.717) is 5.03 Å². The number of carbonyl (C=O) groups is 2. The summed E-state index contributed by atoms with van der Waals surface area (Å²) in [4.78, 5) is 24.2. The molecule has 0 bridgehead atoms. The Morgan fingerprint density at radius 2 is 1.73 bits per heavy atom. The van der Waals surface area contributed by atoms with Crippen LogP contribution in [-0.4, -0.2) is 24.0 Å². The van der Waals surface area contributed by atoms with Crippen LogP contribution in [0.15, 0.2) is 28.8 Å². The molecule has 0 atom stereocenters. The van der Waals surface area contributed by atoms with Gasteiger partial charge in [-0.15, -0.1) is 11.8 Å². The number of aryl methyl sites for hydroxylation is 2. The number of thioether (sulfide) groups is 1. The molecule has 0 unspecified atom stereocenters. The highest BCUT2D eigenvalue weighted by Gasteiger charge is 2.41. The first-order valence-corrected chi connectivity index (χ1v) is 8.05. The molecule has 1 aromatic carbocycles. The number of rotatable bonds is 3. The van der Waals surface area contributed by atoms with E-state index in [4.69, 9.17) is 9.47 Å². The number of nitrogens with one attached hydrogen (secondary N) is 1. The van der Waals surface area contributed by atoms with Gasteiger partial charge in [-0.2, -0.15) is 0 Å². The summed E-state index contributed by atoms with van der Waals surface area (Å²) in [5.74, 6) is -2.59. The van der Waals surface area contributed by atoms with Crippen LogP contribution in [0.1, 0.15) is 25.0 Å². The molecule has 6 heteroatoms. The van der Waals surface area contributed by atoms with Crippen LogP contribution in [0.4, 0.5) is 5.69 Å². The fourth-order valence-corrected chi connectivity index (χ4v) is 2.71. The Bertz CT molecular complexity index is 642. The molecule has 0 aliphatic carbocycles. The maximum Gasteiger partial charge on any atom is 0.351 e. The summed E-state index contributed by atoms with van der Waals surface area (Å²) in [5, 5.41) is 3.54. The lowest BCUT2D eigenvalue weighted by atomic mass is 10.1. The average molecular weight is 321 g/mol. The average Bonchev–Trinajstić information content (AvgIpc) is 2.37. The van der Waals surface area contributed by atoms with Crippen molar-refractivity contribution < 1.29 is 19.1 Å². The van der Waals surface area contributed by atoms with Gasteiger partial charge in [0, 0.05) is 19.5 Å². The van der Waals surface area contributed by atoms with Crippen molar-refractivity contribution in [2.75, 3.05) is 11.6 Å². The first-order valence-electron chi connectivity index (χ1n) is 6.83. The van der Waals surface area contributed by atoms with Gasteiger partial charge >= 0.3 is 11.9 Å². The van der Waals surface area contributed by atoms with Crippen molar-refractivity contribution in [1.82, 2.24) is 0 Å². The van der Waals surface area contributed by atoms with Crippen LogP contribution in [-0.2, 0) is 19.1 Å². The summed E-state index contributed by atoms with van der Waals surface area (Å²) in [5.41, 5.74) is 2.88. The monoisotopic (exact) mass is 321 g/mol. The van der Waals surface area contributed by atoms with Crippen LogP contribution < -0.4 is 5.32 Å². The van der Waals surface area contributed by atoms with E-state index in [0.717, 1.165) is 16.8 Å². The maximum absolute atomic E-state index is 12.1. The molecular weight excluding hydrogens is 302 g/mol. The van der Waals surface area contributed by atoms with E-state index in [2.05, 4.69) is 5.32 Å². The zero-order valence-corrected chi connectivity index (χ0v) is 14.1. The molecule has 0 spiro atoms. The second-order valence-electron chi connectivity index (χ2n) is 5.53. The van der Waals surface area contributed by atoms with Crippen LogP contribution in [0, 0.1) is 13.8 Å². The molecule has 1 fully saturated rings. The van der Waals surface area contributed by atoms with Crippen molar-refractivity contribution in [2.24, 2.45) is 0 Å². The Labute approximate surface area is 134 Å². The summed E-state index contributed by atoms with van der Waals surface area (Å²) in [6.45, 7) is 7.01. The number of hydrogen-bond acceptors (Lipinski definition) is 6. The summed E-state index contributed by atoms with van der Waals surface area (Å²) in [6.07, 6.45) is 1.78. The molecule has 22 heavy (non-hydrogen) atoms. The predicted molar refractivity (Wildman–Crippen MR) is 86.3 cm³/mol. The van der Waals surface area contributed by atoms with E-state index in [9.17, 15) is 9.59 Å². The zero-order valence-electron chi connectivity index (χ0n) is 13.3. The first-order chi connectivity index (χ1) is 10.2. The van der Waals surface area contributed by atoms with Crippen molar-refractivity contribution >= 4 is 29.4 Å². The van der Waals surface area contributed by atoms with Gasteiger partial charge in [0.25, 0.3) is 5.79 Å².